The molecule has 5 heteroatoms. The summed E-state index contributed by atoms with van der Waals surface area (Å²) in [4.78, 5) is 12.2. The highest BCUT2D eigenvalue weighted by molar-refractivity contribution is 6.77. The predicted octanol–water partition coefficient (Wildman–Crippen LogP) is 7.09. The Hall–Kier alpha value is -1.43. The molecule has 1 atom stereocenters. The first-order valence-corrected chi connectivity index (χ1v) is 14.4. The lowest BCUT2D eigenvalue weighted by Crippen LogP contribution is -2.48. The number of ketones is 1. The van der Waals surface area contributed by atoms with Crippen LogP contribution in [0.1, 0.15) is 72.8 Å². The van der Waals surface area contributed by atoms with Crippen molar-refractivity contribution in [2.75, 3.05) is 20.3 Å². The molecule has 1 aliphatic carbocycles. The lowest BCUT2D eigenvalue weighted by molar-refractivity contribution is -0.121. The fourth-order valence-corrected chi connectivity index (χ4v) is 10.9. The Morgan fingerprint density at radius 3 is 2.22 bits per heavy atom. The molecule has 0 aliphatic heterocycles. The van der Waals surface area contributed by atoms with Gasteiger partial charge in [0.1, 0.15) is 11.5 Å². The topological polar surface area (TPSA) is 44.8 Å². The normalized spacial score (nSPS) is 18.1. The van der Waals surface area contributed by atoms with Crippen LogP contribution in [0.15, 0.2) is 35.9 Å². The molecular formula is C27H44O4Si. The molecule has 1 fully saturated rings. The SMILES string of the molecule is COc1ccc(COC/C=C(/CO[Si](C(C)C)(C(C)C)C(C)C)[C@@H]2CCCC(=O)C2)cc1. The van der Waals surface area contributed by atoms with Crippen LogP contribution in [0.25, 0.3) is 0 Å². The minimum atomic E-state index is -1.96. The van der Waals surface area contributed by atoms with Gasteiger partial charge in [-0.3, -0.25) is 4.79 Å². The summed E-state index contributed by atoms with van der Waals surface area (Å²) < 4.78 is 18.1. The Labute approximate surface area is 196 Å². The van der Waals surface area contributed by atoms with Crippen molar-refractivity contribution in [3.63, 3.8) is 0 Å². The van der Waals surface area contributed by atoms with Crippen molar-refractivity contribution in [3.05, 3.63) is 41.5 Å². The molecule has 0 amide bonds. The highest BCUT2D eigenvalue weighted by Gasteiger charge is 2.45. The van der Waals surface area contributed by atoms with E-state index in [2.05, 4.69) is 47.6 Å². The minimum Gasteiger partial charge on any atom is -0.497 e. The average molecular weight is 461 g/mol. The molecule has 180 valence electrons. The number of ether oxygens (including phenoxy) is 2. The largest absolute Gasteiger partial charge is 0.497 e. The molecule has 0 radical (unpaired) electrons. The Kier molecular flexibility index (Phi) is 10.7. The Morgan fingerprint density at radius 2 is 1.69 bits per heavy atom. The van der Waals surface area contributed by atoms with Crippen molar-refractivity contribution in [2.24, 2.45) is 5.92 Å². The number of rotatable bonds is 12. The van der Waals surface area contributed by atoms with Gasteiger partial charge in [0.15, 0.2) is 0 Å². The van der Waals surface area contributed by atoms with Crippen LogP contribution in [0.5, 0.6) is 5.75 Å². The van der Waals surface area contributed by atoms with E-state index < -0.39 is 8.32 Å². The van der Waals surface area contributed by atoms with Crippen LogP contribution < -0.4 is 4.74 Å². The van der Waals surface area contributed by atoms with Crippen LogP contribution in [-0.2, 0) is 20.6 Å². The van der Waals surface area contributed by atoms with Crippen LogP contribution in [-0.4, -0.2) is 34.4 Å². The van der Waals surface area contributed by atoms with Gasteiger partial charge in [0, 0.05) is 12.8 Å². The second-order valence-corrected chi connectivity index (χ2v) is 15.5. The van der Waals surface area contributed by atoms with Crippen LogP contribution in [0.3, 0.4) is 0 Å². The summed E-state index contributed by atoms with van der Waals surface area (Å²) in [5.41, 5.74) is 4.01. The summed E-state index contributed by atoms with van der Waals surface area (Å²) >= 11 is 0. The lowest BCUT2D eigenvalue weighted by atomic mass is 9.83. The maximum absolute atomic E-state index is 12.2. The molecule has 0 saturated heterocycles. The summed E-state index contributed by atoms with van der Waals surface area (Å²) in [6.45, 7) is 15.6. The summed E-state index contributed by atoms with van der Waals surface area (Å²) in [6, 6.07) is 7.96. The highest BCUT2D eigenvalue weighted by atomic mass is 28.4. The Morgan fingerprint density at radius 1 is 1.06 bits per heavy atom. The van der Waals surface area contributed by atoms with E-state index in [1.165, 1.54) is 5.57 Å². The first-order valence-electron chi connectivity index (χ1n) is 12.3. The van der Waals surface area contributed by atoms with Crippen molar-refractivity contribution < 1.29 is 18.7 Å². The summed E-state index contributed by atoms with van der Waals surface area (Å²) in [5, 5.41) is 0. The van der Waals surface area contributed by atoms with Gasteiger partial charge in [-0.05, 0) is 58.7 Å². The van der Waals surface area contributed by atoms with Crippen molar-refractivity contribution in [3.8, 4) is 5.75 Å². The maximum Gasteiger partial charge on any atom is 0.200 e. The zero-order valence-electron chi connectivity index (χ0n) is 21.3. The number of methoxy groups -OCH3 is 1. The van der Waals surface area contributed by atoms with E-state index in [1.54, 1.807) is 7.11 Å². The van der Waals surface area contributed by atoms with Gasteiger partial charge in [-0.15, -0.1) is 0 Å². The number of hydrogen-bond donors (Lipinski definition) is 0. The molecular weight excluding hydrogens is 416 g/mol. The zero-order chi connectivity index (χ0) is 23.7. The number of Topliss-reactive ketones (excluding diaryl/α,β-unsaturated/α-hetero) is 1. The fourth-order valence-electron chi connectivity index (χ4n) is 5.46. The number of carbonyl (C=O) groups is 1. The van der Waals surface area contributed by atoms with Crippen molar-refractivity contribution in [1.29, 1.82) is 0 Å². The third kappa shape index (κ3) is 7.03. The van der Waals surface area contributed by atoms with E-state index >= 15 is 0 Å². The molecule has 1 aliphatic rings. The molecule has 1 aromatic carbocycles. The molecule has 4 nitrogen and oxygen atoms in total. The molecule has 1 aromatic rings. The summed E-state index contributed by atoms with van der Waals surface area (Å²) in [5.74, 6) is 1.52. The number of carbonyl (C=O) groups excluding carboxylic acids is 1. The van der Waals surface area contributed by atoms with Crippen LogP contribution in [0.2, 0.25) is 16.6 Å². The zero-order valence-corrected chi connectivity index (χ0v) is 22.3. The minimum absolute atomic E-state index is 0.291. The first-order chi connectivity index (χ1) is 15.2. The number of benzene rings is 1. The third-order valence-corrected chi connectivity index (χ3v) is 13.2. The van der Waals surface area contributed by atoms with Gasteiger partial charge < -0.3 is 13.9 Å². The predicted molar refractivity (Wildman–Crippen MR) is 135 cm³/mol. The van der Waals surface area contributed by atoms with E-state index in [1.807, 2.05) is 24.3 Å². The van der Waals surface area contributed by atoms with Crippen LogP contribution in [0.4, 0.5) is 0 Å². The second-order valence-electron chi connectivity index (χ2n) is 10.1. The summed E-state index contributed by atoms with van der Waals surface area (Å²) in [6.07, 6.45) is 5.61. The van der Waals surface area contributed by atoms with Gasteiger partial charge >= 0.3 is 0 Å². The molecule has 0 unspecified atom stereocenters. The van der Waals surface area contributed by atoms with Crippen molar-refractivity contribution in [2.45, 2.75) is 90.5 Å². The smallest absolute Gasteiger partial charge is 0.200 e. The van der Waals surface area contributed by atoms with E-state index in [4.69, 9.17) is 13.9 Å². The van der Waals surface area contributed by atoms with Gasteiger partial charge in [-0.25, -0.2) is 0 Å². The van der Waals surface area contributed by atoms with E-state index in [0.29, 0.717) is 54.6 Å². The molecule has 0 aromatic heterocycles. The second kappa shape index (κ2) is 12.7. The Bertz CT molecular complexity index is 715. The van der Waals surface area contributed by atoms with Crippen LogP contribution >= 0.6 is 0 Å². The van der Waals surface area contributed by atoms with Gasteiger partial charge in [0.2, 0.25) is 8.32 Å². The lowest BCUT2D eigenvalue weighted by Gasteiger charge is -2.43. The molecule has 0 spiro atoms. The highest BCUT2D eigenvalue weighted by Crippen LogP contribution is 2.43. The average Bonchev–Trinajstić information content (AvgIpc) is 2.75. The molecule has 1 saturated carbocycles. The van der Waals surface area contributed by atoms with E-state index in [-0.39, 0.29) is 0 Å². The molecule has 0 heterocycles. The molecule has 0 bridgehead atoms. The molecule has 2 rings (SSSR count). The van der Waals surface area contributed by atoms with E-state index in [9.17, 15) is 4.79 Å². The van der Waals surface area contributed by atoms with Gasteiger partial charge in [-0.1, -0.05) is 59.8 Å². The standard InChI is InChI=1S/C27H44O4Si/c1-20(2)32(21(3)4,22(5)6)31-19-25(24-9-8-10-26(28)17-24)15-16-30-18-23-11-13-27(29-7)14-12-23/h11-15,20-22,24H,8-10,16-19H2,1-7H3/b25-15-/t24-/m1/s1. The maximum atomic E-state index is 12.2. The van der Waals surface area contributed by atoms with Crippen molar-refractivity contribution >= 4 is 14.1 Å². The monoisotopic (exact) mass is 460 g/mol. The first kappa shape index (κ1) is 26.8. The molecule has 0 N–H and O–H groups in total. The van der Waals surface area contributed by atoms with Gasteiger partial charge in [0.05, 0.1) is 26.9 Å². The number of hydrogen-bond acceptors (Lipinski definition) is 4. The van der Waals surface area contributed by atoms with Crippen molar-refractivity contribution in [1.82, 2.24) is 0 Å². The van der Waals surface area contributed by atoms with Gasteiger partial charge in [0.25, 0.3) is 0 Å². The Balaban J connectivity index is 2.09. The van der Waals surface area contributed by atoms with Crippen LogP contribution in [0, 0.1) is 5.92 Å². The third-order valence-electron chi connectivity index (χ3n) is 7.09. The van der Waals surface area contributed by atoms with E-state index in [0.717, 1.165) is 30.6 Å². The fraction of sp³-hybridized carbons (Fsp3) is 0.667. The quantitative estimate of drug-likeness (QED) is 0.190. The molecule has 32 heavy (non-hydrogen) atoms. The summed E-state index contributed by atoms with van der Waals surface area (Å²) in [7, 11) is -0.287. The van der Waals surface area contributed by atoms with Gasteiger partial charge in [-0.2, -0.15) is 0 Å².